The molecule has 23 heavy (non-hydrogen) atoms. The number of unbranched alkanes of at least 4 members (excludes halogenated alkanes) is 9. The summed E-state index contributed by atoms with van der Waals surface area (Å²) in [6, 6.07) is 0. The highest BCUT2D eigenvalue weighted by atomic mass is 15.3. The Kier molecular flexibility index (Phi) is 11.8. The summed E-state index contributed by atoms with van der Waals surface area (Å²) in [6.07, 6.45) is 25.3. The van der Waals surface area contributed by atoms with Gasteiger partial charge in [0, 0.05) is 12.4 Å². The van der Waals surface area contributed by atoms with E-state index in [-0.39, 0.29) is 6.17 Å². The topological polar surface area (TPSA) is 41.3 Å². The highest BCUT2D eigenvalue weighted by Crippen LogP contribution is 2.14. The molecule has 0 saturated carbocycles. The molecule has 1 aliphatic heterocycles. The molecule has 0 spiro atoms. The molecule has 2 atom stereocenters. The van der Waals surface area contributed by atoms with E-state index in [1.807, 2.05) is 13.1 Å². The summed E-state index contributed by atoms with van der Waals surface area (Å²) in [5, 5.41) is 3.37. The Bertz CT molecular complexity index is 323. The molecule has 1 heterocycles. The minimum Gasteiger partial charge on any atom is -0.370 e. The van der Waals surface area contributed by atoms with E-state index in [1.165, 1.54) is 70.6 Å². The van der Waals surface area contributed by atoms with Gasteiger partial charge in [0.2, 0.25) is 0 Å². The highest BCUT2D eigenvalue weighted by molar-refractivity contribution is 4.95. The Hall–Kier alpha value is -0.960. The van der Waals surface area contributed by atoms with Crippen LogP contribution in [0.2, 0.25) is 0 Å². The molecule has 1 aliphatic rings. The Balaban J connectivity index is 1.87. The summed E-state index contributed by atoms with van der Waals surface area (Å²) >= 11 is 0. The third-order valence-corrected chi connectivity index (χ3v) is 4.60. The summed E-state index contributed by atoms with van der Waals surface area (Å²) in [5.41, 5.74) is 5.95. The maximum absolute atomic E-state index is 5.95. The Labute approximate surface area is 144 Å². The quantitative estimate of drug-likeness (QED) is 0.339. The minimum absolute atomic E-state index is 0.0868. The molecule has 0 bridgehead atoms. The third kappa shape index (κ3) is 9.70. The van der Waals surface area contributed by atoms with Crippen molar-refractivity contribution in [1.82, 2.24) is 10.2 Å². The fourth-order valence-corrected chi connectivity index (χ4v) is 3.14. The van der Waals surface area contributed by atoms with Crippen LogP contribution in [0.15, 0.2) is 24.6 Å². The SMILES string of the molecule is CCCCCCCCCC/C=C/CCCC1NC=CN1C(C)N. The van der Waals surface area contributed by atoms with Gasteiger partial charge in [0.05, 0.1) is 12.3 Å². The monoisotopic (exact) mass is 321 g/mol. The van der Waals surface area contributed by atoms with Gasteiger partial charge in [-0.05, 0) is 39.0 Å². The van der Waals surface area contributed by atoms with Crippen LogP contribution >= 0.6 is 0 Å². The predicted octanol–water partition coefficient (Wildman–Crippen LogP) is 5.25. The molecule has 3 heteroatoms. The molecule has 0 aliphatic carbocycles. The van der Waals surface area contributed by atoms with Crippen LogP contribution in [0.25, 0.3) is 0 Å². The molecule has 0 aromatic carbocycles. The Morgan fingerprint density at radius 1 is 1.00 bits per heavy atom. The van der Waals surface area contributed by atoms with Crippen LogP contribution in [0.5, 0.6) is 0 Å². The summed E-state index contributed by atoms with van der Waals surface area (Å²) in [4.78, 5) is 2.20. The molecule has 0 aromatic heterocycles. The Morgan fingerprint density at radius 2 is 1.61 bits per heavy atom. The zero-order valence-corrected chi connectivity index (χ0v) is 15.5. The van der Waals surface area contributed by atoms with E-state index in [4.69, 9.17) is 5.73 Å². The van der Waals surface area contributed by atoms with Gasteiger partial charge in [-0.25, -0.2) is 0 Å². The molecule has 2 unspecified atom stereocenters. The first-order valence-electron chi connectivity index (χ1n) is 9.86. The summed E-state index contributed by atoms with van der Waals surface area (Å²) in [5.74, 6) is 0. The molecule has 134 valence electrons. The van der Waals surface area contributed by atoms with Gasteiger partial charge >= 0.3 is 0 Å². The van der Waals surface area contributed by atoms with Crippen LogP contribution in [0.3, 0.4) is 0 Å². The number of allylic oxidation sites excluding steroid dienone is 2. The van der Waals surface area contributed by atoms with Gasteiger partial charge in [-0.2, -0.15) is 0 Å². The van der Waals surface area contributed by atoms with E-state index in [9.17, 15) is 0 Å². The second-order valence-corrected chi connectivity index (χ2v) is 6.85. The second kappa shape index (κ2) is 13.5. The smallest absolute Gasteiger partial charge is 0.0995 e. The van der Waals surface area contributed by atoms with Crippen LogP contribution in [-0.2, 0) is 0 Å². The van der Waals surface area contributed by atoms with Crippen molar-refractivity contribution in [2.45, 2.75) is 103 Å². The lowest BCUT2D eigenvalue weighted by Crippen LogP contribution is -2.44. The van der Waals surface area contributed by atoms with E-state index in [0.717, 1.165) is 6.42 Å². The van der Waals surface area contributed by atoms with E-state index >= 15 is 0 Å². The second-order valence-electron chi connectivity index (χ2n) is 6.85. The average molecular weight is 322 g/mol. The summed E-state index contributed by atoms with van der Waals surface area (Å²) < 4.78 is 0. The van der Waals surface area contributed by atoms with Gasteiger partial charge in [-0.3, -0.25) is 0 Å². The van der Waals surface area contributed by atoms with Crippen molar-refractivity contribution in [2.75, 3.05) is 0 Å². The van der Waals surface area contributed by atoms with E-state index < -0.39 is 0 Å². The molecule has 3 N–H and O–H groups in total. The summed E-state index contributed by atoms with van der Waals surface area (Å²) in [7, 11) is 0. The average Bonchev–Trinajstić information content (AvgIpc) is 3.00. The van der Waals surface area contributed by atoms with E-state index in [2.05, 4.69) is 35.5 Å². The third-order valence-electron chi connectivity index (χ3n) is 4.60. The zero-order valence-electron chi connectivity index (χ0n) is 15.5. The first-order valence-corrected chi connectivity index (χ1v) is 9.86. The maximum atomic E-state index is 5.95. The summed E-state index contributed by atoms with van der Waals surface area (Å²) in [6.45, 7) is 4.32. The predicted molar refractivity (Wildman–Crippen MR) is 102 cm³/mol. The molecule has 3 nitrogen and oxygen atoms in total. The number of hydrogen-bond acceptors (Lipinski definition) is 3. The first-order chi connectivity index (χ1) is 11.3. The number of nitrogens with two attached hydrogens (primary N) is 1. The minimum atomic E-state index is 0.0868. The number of rotatable bonds is 14. The van der Waals surface area contributed by atoms with Crippen molar-refractivity contribution in [2.24, 2.45) is 5.73 Å². The van der Waals surface area contributed by atoms with Crippen molar-refractivity contribution in [3.05, 3.63) is 24.6 Å². The lowest BCUT2D eigenvalue weighted by Gasteiger charge is -2.28. The van der Waals surface area contributed by atoms with Crippen LogP contribution in [0.4, 0.5) is 0 Å². The largest absolute Gasteiger partial charge is 0.370 e. The zero-order chi connectivity index (χ0) is 16.8. The Morgan fingerprint density at radius 3 is 2.26 bits per heavy atom. The lowest BCUT2D eigenvalue weighted by molar-refractivity contribution is 0.209. The molecular weight excluding hydrogens is 282 g/mol. The van der Waals surface area contributed by atoms with Crippen LogP contribution < -0.4 is 11.1 Å². The molecule has 0 fully saturated rings. The van der Waals surface area contributed by atoms with Gasteiger partial charge in [0.1, 0.15) is 0 Å². The fourth-order valence-electron chi connectivity index (χ4n) is 3.14. The van der Waals surface area contributed by atoms with Gasteiger partial charge in [-0.15, -0.1) is 0 Å². The number of hydrogen-bond donors (Lipinski definition) is 2. The van der Waals surface area contributed by atoms with E-state index in [1.54, 1.807) is 0 Å². The molecular formula is C20H39N3. The number of nitrogens with one attached hydrogen (secondary N) is 1. The van der Waals surface area contributed by atoms with Crippen molar-refractivity contribution in [3.8, 4) is 0 Å². The molecule has 0 saturated heterocycles. The van der Waals surface area contributed by atoms with Gasteiger partial charge in [-0.1, -0.05) is 64.0 Å². The van der Waals surface area contributed by atoms with Gasteiger partial charge in [0.15, 0.2) is 0 Å². The van der Waals surface area contributed by atoms with Gasteiger partial charge < -0.3 is 16.0 Å². The standard InChI is InChI=1S/C20H39N3/c1-3-4-5-6-7-8-9-10-11-12-13-14-15-16-20-22-17-18-23(20)19(2)21/h12-13,17-20,22H,3-11,14-16,21H2,1-2H3/b13-12+. The van der Waals surface area contributed by atoms with Crippen molar-refractivity contribution in [1.29, 1.82) is 0 Å². The van der Waals surface area contributed by atoms with Crippen molar-refractivity contribution < 1.29 is 0 Å². The van der Waals surface area contributed by atoms with Crippen LogP contribution in [0.1, 0.15) is 90.9 Å². The first kappa shape index (κ1) is 20.1. The van der Waals surface area contributed by atoms with Crippen LogP contribution in [-0.4, -0.2) is 17.2 Å². The van der Waals surface area contributed by atoms with E-state index in [0.29, 0.717) is 6.17 Å². The normalized spacial score (nSPS) is 18.7. The fraction of sp³-hybridized carbons (Fsp3) is 0.800. The molecule has 1 rings (SSSR count). The number of nitrogens with zero attached hydrogens (tertiary/aromatic N) is 1. The van der Waals surface area contributed by atoms with Crippen LogP contribution in [0, 0.1) is 0 Å². The molecule has 0 amide bonds. The highest BCUT2D eigenvalue weighted by Gasteiger charge is 2.19. The molecule has 0 aromatic rings. The van der Waals surface area contributed by atoms with Gasteiger partial charge in [0.25, 0.3) is 0 Å². The van der Waals surface area contributed by atoms with Crippen molar-refractivity contribution in [3.63, 3.8) is 0 Å². The van der Waals surface area contributed by atoms with Crippen molar-refractivity contribution >= 4 is 0 Å². The lowest BCUT2D eigenvalue weighted by atomic mass is 10.1. The molecule has 0 radical (unpaired) electrons. The maximum Gasteiger partial charge on any atom is 0.0995 e.